The number of carboxylic acid groups (broad SMARTS) is 1. The molecule has 0 saturated carbocycles. The predicted molar refractivity (Wildman–Crippen MR) is 591 cm³/mol. The Hall–Kier alpha value is -5.13. The minimum Gasteiger partial charge on any atom is -1.00 e. The van der Waals surface area contributed by atoms with Crippen LogP contribution in [0.25, 0.3) is 11.4 Å². The van der Waals surface area contributed by atoms with E-state index in [2.05, 4.69) is 217 Å². The first-order valence-corrected chi connectivity index (χ1v) is 53.2. The first-order chi connectivity index (χ1) is 63.6. The molecule has 35 nitrogen and oxygen atoms in total. The van der Waals surface area contributed by atoms with Gasteiger partial charge in [0.05, 0.1) is 46.9 Å². The average Bonchev–Trinajstić information content (AvgIpc) is 0.811. The Balaban J connectivity index is -0.000000213. The smallest absolute Gasteiger partial charge is 1.00 e. The van der Waals surface area contributed by atoms with Crippen LogP contribution >= 0.6 is 133 Å². The molecule has 3 radical (unpaired) electrons. The van der Waals surface area contributed by atoms with E-state index in [1.807, 2.05) is 93.5 Å². The molecular weight excluding hydrogens is 2540 g/mol. The van der Waals surface area contributed by atoms with Crippen molar-refractivity contribution >= 4 is 241 Å². The van der Waals surface area contributed by atoms with Crippen LogP contribution in [-0.4, -0.2) is 198 Å². The van der Waals surface area contributed by atoms with E-state index in [0.717, 1.165) is 50.7 Å². The molecule has 4 amide bonds. The van der Waals surface area contributed by atoms with Gasteiger partial charge in [0.15, 0.2) is 22.5 Å². The van der Waals surface area contributed by atoms with Crippen molar-refractivity contribution in [1.29, 1.82) is 0 Å². The van der Waals surface area contributed by atoms with E-state index < -0.39 is 63.3 Å². The second-order valence-corrected chi connectivity index (χ2v) is 50.7. The maximum absolute atomic E-state index is 12.6. The van der Waals surface area contributed by atoms with E-state index in [4.69, 9.17) is 113 Å². The summed E-state index contributed by atoms with van der Waals surface area (Å²) < 4.78 is 35.6. The Morgan fingerprint density at radius 3 is 1.34 bits per heavy atom. The number of halogens is 12. The molecule has 145 heavy (non-hydrogen) atoms. The number of nitrogens with one attached hydrogen (secondary N) is 3. The Morgan fingerprint density at radius 2 is 0.924 bits per heavy atom. The summed E-state index contributed by atoms with van der Waals surface area (Å²) in [4.78, 5) is 125. The van der Waals surface area contributed by atoms with Gasteiger partial charge in [-0.3, -0.25) is 49.7 Å². The molecule has 10 aromatic rings. The number of anilines is 8. The monoisotopic (exact) mass is 2670 g/mol. The minimum absolute atomic E-state index is 0. The van der Waals surface area contributed by atoms with Crippen LogP contribution < -0.4 is 174 Å². The molecule has 0 unspecified atom stereocenters. The fraction of sp³-hybridized carbons (Fsp3) is 0.430. The maximum Gasteiger partial charge on any atom is 1.00 e. The number of ether oxygens (including phenoxy) is 4. The van der Waals surface area contributed by atoms with Gasteiger partial charge in [-0.05, 0) is 301 Å². The first kappa shape index (κ1) is 153. The Bertz CT molecular complexity index is 5320. The summed E-state index contributed by atoms with van der Waals surface area (Å²) in [7, 11) is -3.25. The average molecular weight is 2680 g/mol. The van der Waals surface area contributed by atoms with E-state index in [9.17, 15) is 29.1 Å². The Morgan fingerprint density at radius 1 is 0.503 bits per heavy atom. The van der Waals surface area contributed by atoms with Crippen molar-refractivity contribution in [3.8, 4) is 11.4 Å². The number of benzene rings is 3. The summed E-state index contributed by atoms with van der Waals surface area (Å²) in [6.07, 6.45) is 16.5. The number of aliphatic hydroxyl groups excluding tert-OH is 1. The van der Waals surface area contributed by atoms with Crippen LogP contribution in [0.15, 0.2) is 179 Å². The van der Waals surface area contributed by atoms with Gasteiger partial charge >= 0.3 is 168 Å². The van der Waals surface area contributed by atoms with Gasteiger partial charge in [0.2, 0.25) is 27.7 Å². The minimum atomic E-state index is -1.79. The summed E-state index contributed by atoms with van der Waals surface area (Å²) in [5.41, 5.74) is 2.68. The predicted octanol–water partition coefficient (Wildman–Crippen LogP) is 21.4. The maximum atomic E-state index is 12.6. The largest absolute Gasteiger partial charge is 1.00 e. The third kappa shape index (κ3) is 67.8. The van der Waals surface area contributed by atoms with Gasteiger partial charge in [-0.1, -0.05) is 133 Å². The number of rotatable bonds is 22. The van der Waals surface area contributed by atoms with E-state index in [-0.39, 0.29) is 232 Å². The number of carbonyl (C=O) groups excluding carboxylic acids is 5. The topological polar surface area (TPSA) is 444 Å². The van der Waals surface area contributed by atoms with E-state index in [0.29, 0.717) is 78.8 Å². The first-order valence-electron chi connectivity index (χ1n) is 41.7. The van der Waals surface area contributed by atoms with Gasteiger partial charge in [-0.25, -0.2) is 58.8 Å². The van der Waals surface area contributed by atoms with E-state index in [1.165, 1.54) is 42.3 Å². The number of carboxylic acids is 1. The van der Waals surface area contributed by atoms with Gasteiger partial charge in [0.1, 0.15) is 48.1 Å². The van der Waals surface area contributed by atoms with Crippen molar-refractivity contribution in [3.63, 3.8) is 0 Å². The fourth-order valence-corrected chi connectivity index (χ4v) is 13.6. The molecule has 0 atom stereocenters. The van der Waals surface area contributed by atoms with Gasteiger partial charge in [-0.15, -0.1) is 0 Å². The quantitative estimate of drug-likeness (QED) is 0.00615. The van der Waals surface area contributed by atoms with Crippen molar-refractivity contribution < 1.29 is 227 Å². The zero-order valence-corrected chi connectivity index (χ0v) is 109. The number of amides is 4. The third-order valence-corrected chi connectivity index (χ3v) is 29.4. The van der Waals surface area contributed by atoms with Crippen molar-refractivity contribution in [2.75, 3.05) is 69.0 Å². The van der Waals surface area contributed by atoms with Crippen molar-refractivity contribution in [2.45, 2.75) is 225 Å². The summed E-state index contributed by atoms with van der Waals surface area (Å²) >= 11 is 47.3. The van der Waals surface area contributed by atoms with Crippen LogP contribution in [0.1, 0.15) is 180 Å². The SMILES string of the molecule is C.C.C.CC(C)(C)OC(=O)N(CCCO[Si](C)(C)C(C)(C)C)c1cncc(Br)c1.CC(C)(C)OC(=O)N(c1cccc(Cl)c1)c1ncnc(Cl)n1.CC(C)(C)OC(=O)Nc1cccc(Cl)c1.CC(C)(C)OC(=O)Nc1cncc(Br)c1.CC(C)(C)[Si](C)(C)OCCCBr.CCN(CO)c1cncc(-c2ncnc(Nc3cccc(Cl)c3)n2)c1.Clc1ncnc(Cl)n1.F.F.O=C(O)c1cncc(Br)c1.O=CO[O-].[2HH].[B].[Cs+].[Cs+].[H-]. The number of nitrogens with zero attached hydrogens (tertiary/aromatic N) is 16. The third-order valence-electron chi connectivity index (χ3n) is 17.2. The van der Waals surface area contributed by atoms with Gasteiger partial charge in [0.25, 0.3) is 6.47 Å². The molecule has 7 heterocycles. The molecule has 795 valence electrons. The number of hydrogen-bond acceptors (Lipinski definition) is 30. The zero-order valence-electron chi connectivity index (χ0n) is 84.8. The number of aliphatic hydroxyl groups is 1. The van der Waals surface area contributed by atoms with Gasteiger partial charge in [-0.2, -0.15) is 15.0 Å². The molecule has 7 aromatic heterocycles. The van der Waals surface area contributed by atoms with Gasteiger partial charge in [0, 0.05) is 118 Å². The van der Waals surface area contributed by atoms with Crippen LogP contribution in [0, 0.1) is 0 Å². The van der Waals surface area contributed by atoms with Crippen LogP contribution in [0.2, 0.25) is 67.2 Å². The number of alkyl halides is 1. The van der Waals surface area contributed by atoms with E-state index in [1.54, 1.807) is 134 Å². The number of carbonyl (C=O) groups is 6. The molecule has 0 aliphatic rings. The zero-order chi connectivity index (χ0) is 104. The van der Waals surface area contributed by atoms with Crippen molar-refractivity contribution in [2.24, 2.45) is 0 Å². The number of pyridine rings is 4. The summed E-state index contributed by atoms with van der Waals surface area (Å²) in [6, 6.07) is 27.9. The normalized spacial score (nSPS) is 10.5. The number of aromatic carboxylic acids is 1. The van der Waals surface area contributed by atoms with Crippen molar-refractivity contribution in [1.82, 2.24) is 64.8 Å². The van der Waals surface area contributed by atoms with Crippen molar-refractivity contribution in [3.05, 3.63) is 216 Å². The van der Waals surface area contributed by atoms with Crippen LogP contribution in [0.5, 0.6) is 0 Å². The summed E-state index contributed by atoms with van der Waals surface area (Å²) in [5, 5.41) is 38.0. The van der Waals surface area contributed by atoms with Crippen LogP contribution in [-0.2, 0) is 37.5 Å². The molecule has 0 aliphatic carbocycles. The summed E-state index contributed by atoms with van der Waals surface area (Å²) in [5.74, 6) is -0.0136. The second kappa shape index (κ2) is 76.4. The Labute approximate surface area is 1040 Å². The number of aromatic nitrogens is 13. The van der Waals surface area contributed by atoms with E-state index >= 15 is 0 Å². The second-order valence-electron chi connectivity index (χ2n) is 35.2. The van der Waals surface area contributed by atoms with Gasteiger partial charge < -0.3 is 59.8 Å². The molecule has 0 spiro atoms. The standard InChI is InChI=1S/C19H33BrN2O3Si.C17H17ClN6O.C14H14Cl2N4O2.C11H14ClNO2.C10H13BrN2O2.C9H21BrOSi.C6H4BrNO2.C3HCl2N3.CH2O3.3CH4.B.2Cs.2FH.H2.H/c1-18(2,3)25-17(23)22(16-12-15(20)13-21-14-16)10-9-11-24-26(7,8)19(4,5)6;1-2-24(11-25)15-6-12(8-19-9-15)16-20-10-21-17(23-16)22-14-5-3-4-13(18)7-14;1-14(2,3)22-13(21)20(10-6-4-5-9(15)7-10)12-18-8-17-11(16)19-12;1-11(2,3)15-10(14)13-9-6-4-5-8(12)7-9;1-10(2,3)15-9(14)13-8-4-7(11)5-12-6-8;1-9(2,3)12(4,5)11-8-6-7-10;7-5-1-4(6(9)10)2-8-3-5;4-2-6-1-7-3(5)8-2;2-1-4-3;;;;;;;;;;/h12-14H,9-11H2,1-8H3;3-10,25H,2,11H2,1H3,(H,20,21,22,23);4-8H,1-3H3;4-7H,1-3H3,(H,13,14);4-6H,1-3H3,(H,13,14);6-8H2,1-5H3;1-3H,(H,9,10);1H;1,3H;3*1H4;;;;3*1H;/q;;;;;;;;;;;;;2*+1;;;;-1/p-1/i;;;;;;;;;;;;;;;;;1+1;. The molecule has 0 fully saturated rings. The molecule has 52 heteroatoms. The molecular formula is C93H135BBr4Cl6Cs2F2N19O16Si2. The van der Waals surface area contributed by atoms with Crippen LogP contribution in [0.3, 0.4) is 0 Å². The molecule has 0 saturated heterocycles. The fourth-order valence-electron chi connectivity index (χ4n) is 9.11. The molecule has 3 aromatic carbocycles. The molecule has 0 aliphatic heterocycles. The Kier molecular flexibility index (Phi) is 80.5. The molecule has 5 N–H and O–H groups in total. The molecule has 10 rings (SSSR count). The number of hydrogen-bond donors (Lipinski definition) is 5. The summed E-state index contributed by atoms with van der Waals surface area (Å²) in [6.45, 7) is 48.7. The van der Waals surface area contributed by atoms with Crippen LogP contribution in [0.4, 0.5) is 74.6 Å². The molecule has 0 bridgehead atoms.